The molecule has 0 aromatic heterocycles. The van der Waals surface area contributed by atoms with Crippen LogP contribution in [0.5, 0.6) is 17.2 Å². The summed E-state index contributed by atoms with van der Waals surface area (Å²) in [5.41, 5.74) is 1.27. The Morgan fingerprint density at radius 3 is 2.77 bits per heavy atom. The molecule has 1 unspecified atom stereocenters. The molecule has 1 atom stereocenters. The van der Waals surface area contributed by atoms with E-state index in [1.165, 1.54) is 16.7 Å². The van der Waals surface area contributed by atoms with E-state index >= 15 is 0 Å². The highest BCUT2D eigenvalue weighted by Gasteiger charge is 2.34. The number of ether oxygens (including phenoxy) is 3. The van der Waals surface area contributed by atoms with Gasteiger partial charge < -0.3 is 19.5 Å². The van der Waals surface area contributed by atoms with E-state index in [0.717, 1.165) is 12.2 Å². The minimum absolute atomic E-state index is 0.102. The first-order chi connectivity index (χ1) is 15.0. The van der Waals surface area contributed by atoms with Crippen molar-refractivity contribution in [2.24, 2.45) is 4.99 Å². The van der Waals surface area contributed by atoms with Gasteiger partial charge in [0, 0.05) is 25.2 Å². The lowest BCUT2D eigenvalue weighted by Gasteiger charge is -2.28. The van der Waals surface area contributed by atoms with Crippen molar-refractivity contribution in [3.05, 3.63) is 42.5 Å². The lowest BCUT2D eigenvalue weighted by atomic mass is 10.2. The molecule has 9 heteroatoms. The molecular weight excluding hydrogens is 418 g/mol. The minimum atomic E-state index is -0.576. The molecule has 8 nitrogen and oxygen atoms in total. The number of hydrogen-bond donors (Lipinski definition) is 1. The largest absolute Gasteiger partial charge is 0.494 e. The molecule has 162 valence electrons. The molecular formula is C22H23N3O5S. The van der Waals surface area contributed by atoms with Crippen LogP contribution in [-0.4, -0.2) is 47.6 Å². The first kappa shape index (κ1) is 21.0. The van der Waals surface area contributed by atoms with Crippen molar-refractivity contribution in [3.8, 4) is 17.2 Å². The van der Waals surface area contributed by atoms with Crippen LogP contribution in [0.4, 0.5) is 11.4 Å². The number of hydrogen-bond acceptors (Lipinski definition) is 7. The van der Waals surface area contributed by atoms with Crippen LogP contribution in [-0.2, 0) is 9.59 Å². The monoisotopic (exact) mass is 441 g/mol. The Morgan fingerprint density at radius 2 is 2.00 bits per heavy atom. The van der Waals surface area contributed by atoms with Crippen LogP contribution in [0.15, 0.2) is 47.5 Å². The summed E-state index contributed by atoms with van der Waals surface area (Å²) in [5, 5.41) is 2.75. The number of carbonyl (C=O) groups is 2. The topological polar surface area (TPSA) is 89.5 Å². The van der Waals surface area contributed by atoms with Gasteiger partial charge >= 0.3 is 0 Å². The number of thioether (sulfide) groups is 1. The normalized spacial score (nSPS) is 18.9. The SMILES string of the molecule is CCCOc1ccc(NC(=O)C2CC(=O)N(C)C(=Nc3ccc4c(c3)OCO4)S2)cc1. The molecule has 0 saturated carbocycles. The second kappa shape index (κ2) is 9.30. The molecule has 1 N–H and O–H groups in total. The van der Waals surface area contributed by atoms with Crippen molar-refractivity contribution < 1.29 is 23.8 Å². The predicted molar refractivity (Wildman–Crippen MR) is 119 cm³/mol. The summed E-state index contributed by atoms with van der Waals surface area (Å²) in [6.45, 7) is 2.86. The highest BCUT2D eigenvalue weighted by Crippen LogP contribution is 2.36. The van der Waals surface area contributed by atoms with Crippen molar-refractivity contribution in [1.29, 1.82) is 0 Å². The summed E-state index contributed by atoms with van der Waals surface area (Å²) in [6.07, 6.45) is 1.03. The van der Waals surface area contributed by atoms with Crippen LogP contribution >= 0.6 is 11.8 Å². The molecule has 4 rings (SSSR count). The summed E-state index contributed by atoms with van der Waals surface area (Å²) in [4.78, 5) is 31.3. The van der Waals surface area contributed by atoms with Gasteiger partial charge in [0.15, 0.2) is 16.7 Å². The quantitative estimate of drug-likeness (QED) is 0.734. The number of amides is 2. The second-order valence-corrected chi connectivity index (χ2v) is 8.23. The highest BCUT2D eigenvalue weighted by atomic mass is 32.2. The Labute approximate surface area is 184 Å². The maximum atomic E-state index is 12.8. The Hall–Kier alpha value is -3.20. The number of nitrogens with one attached hydrogen (secondary N) is 1. The van der Waals surface area contributed by atoms with E-state index in [1.807, 2.05) is 19.1 Å². The van der Waals surface area contributed by atoms with Crippen molar-refractivity contribution in [1.82, 2.24) is 4.90 Å². The molecule has 2 aliphatic rings. The van der Waals surface area contributed by atoms with E-state index in [-0.39, 0.29) is 25.0 Å². The van der Waals surface area contributed by atoms with Crippen molar-refractivity contribution in [3.63, 3.8) is 0 Å². The number of anilines is 1. The maximum absolute atomic E-state index is 12.8. The zero-order chi connectivity index (χ0) is 21.8. The van der Waals surface area contributed by atoms with Gasteiger partial charge in [0.1, 0.15) is 11.0 Å². The van der Waals surface area contributed by atoms with Gasteiger partial charge in [-0.25, -0.2) is 4.99 Å². The van der Waals surface area contributed by atoms with Crippen molar-refractivity contribution >= 4 is 40.1 Å². The molecule has 2 aromatic rings. The Kier molecular flexibility index (Phi) is 6.31. The second-order valence-electron chi connectivity index (χ2n) is 7.06. The van der Waals surface area contributed by atoms with Crippen LogP contribution in [0.25, 0.3) is 0 Å². The molecule has 1 saturated heterocycles. The zero-order valence-electron chi connectivity index (χ0n) is 17.3. The van der Waals surface area contributed by atoms with Gasteiger partial charge in [-0.3, -0.25) is 14.5 Å². The molecule has 0 aliphatic carbocycles. The van der Waals surface area contributed by atoms with Crippen LogP contribution in [0.2, 0.25) is 0 Å². The number of amidine groups is 1. The van der Waals surface area contributed by atoms with E-state index in [2.05, 4.69) is 10.3 Å². The van der Waals surface area contributed by atoms with E-state index in [0.29, 0.717) is 34.6 Å². The fourth-order valence-electron chi connectivity index (χ4n) is 3.04. The van der Waals surface area contributed by atoms with Gasteiger partial charge in [0.25, 0.3) is 0 Å². The average molecular weight is 442 g/mol. The molecule has 2 amide bonds. The van der Waals surface area contributed by atoms with Crippen LogP contribution in [0, 0.1) is 0 Å². The Bertz CT molecular complexity index is 1010. The lowest BCUT2D eigenvalue weighted by Crippen LogP contribution is -2.43. The average Bonchev–Trinajstić information content (AvgIpc) is 3.24. The number of fused-ring (bicyclic) bond motifs is 1. The summed E-state index contributed by atoms with van der Waals surface area (Å²) in [5.74, 6) is 1.61. The fraction of sp³-hybridized carbons (Fsp3) is 0.318. The van der Waals surface area contributed by atoms with Crippen molar-refractivity contribution in [2.75, 3.05) is 25.8 Å². The predicted octanol–water partition coefficient (Wildman–Crippen LogP) is 3.79. The highest BCUT2D eigenvalue weighted by molar-refractivity contribution is 8.15. The third kappa shape index (κ3) is 4.93. The summed E-state index contributed by atoms with van der Waals surface area (Å²) >= 11 is 1.26. The molecule has 2 heterocycles. The summed E-state index contributed by atoms with van der Waals surface area (Å²) in [6, 6.07) is 12.5. The van der Waals surface area contributed by atoms with Gasteiger partial charge in [-0.1, -0.05) is 18.7 Å². The molecule has 0 bridgehead atoms. The van der Waals surface area contributed by atoms with Gasteiger partial charge in [-0.2, -0.15) is 0 Å². The number of nitrogens with zero attached hydrogens (tertiary/aromatic N) is 2. The smallest absolute Gasteiger partial charge is 0.238 e. The number of rotatable bonds is 6. The zero-order valence-corrected chi connectivity index (χ0v) is 18.1. The number of benzene rings is 2. The van der Waals surface area contributed by atoms with E-state index < -0.39 is 5.25 Å². The van der Waals surface area contributed by atoms with Crippen LogP contribution < -0.4 is 19.5 Å². The van der Waals surface area contributed by atoms with Gasteiger partial charge in [-0.15, -0.1) is 0 Å². The minimum Gasteiger partial charge on any atom is -0.494 e. The fourth-order valence-corrected chi connectivity index (χ4v) is 4.10. The third-order valence-electron chi connectivity index (χ3n) is 4.74. The summed E-state index contributed by atoms with van der Waals surface area (Å²) < 4.78 is 16.2. The van der Waals surface area contributed by atoms with Gasteiger partial charge in [-0.05, 0) is 42.8 Å². The maximum Gasteiger partial charge on any atom is 0.238 e. The standard InChI is InChI=1S/C22H23N3O5S/c1-3-10-28-16-7-4-14(5-8-16)23-21(27)19-12-20(26)25(2)22(31-19)24-15-6-9-17-18(11-15)30-13-29-17/h4-9,11,19H,3,10,12-13H2,1-2H3,(H,23,27). The molecule has 2 aromatic carbocycles. The lowest BCUT2D eigenvalue weighted by molar-refractivity contribution is -0.128. The van der Waals surface area contributed by atoms with Crippen molar-refractivity contribution in [2.45, 2.75) is 25.0 Å². The Balaban J connectivity index is 1.45. The summed E-state index contributed by atoms with van der Waals surface area (Å²) in [7, 11) is 1.66. The van der Waals surface area contributed by atoms with E-state index in [9.17, 15) is 9.59 Å². The Morgan fingerprint density at radius 1 is 1.23 bits per heavy atom. The van der Waals surface area contributed by atoms with Crippen LogP contribution in [0.3, 0.4) is 0 Å². The first-order valence-electron chi connectivity index (χ1n) is 9.99. The molecule has 0 radical (unpaired) electrons. The van der Waals surface area contributed by atoms with E-state index in [4.69, 9.17) is 14.2 Å². The van der Waals surface area contributed by atoms with Gasteiger partial charge in [0.05, 0.1) is 12.3 Å². The van der Waals surface area contributed by atoms with Gasteiger partial charge in [0.2, 0.25) is 18.6 Å². The molecule has 2 aliphatic heterocycles. The first-order valence-corrected chi connectivity index (χ1v) is 10.9. The number of carbonyl (C=O) groups excluding carboxylic acids is 2. The van der Waals surface area contributed by atoms with Crippen LogP contribution in [0.1, 0.15) is 19.8 Å². The molecule has 0 spiro atoms. The number of aliphatic imine (C=N–C) groups is 1. The third-order valence-corrected chi connectivity index (χ3v) is 5.98. The molecule has 1 fully saturated rings. The van der Waals surface area contributed by atoms with E-state index in [1.54, 1.807) is 37.4 Å². The molecule has 31 heavy (non-hydrogen) atoms.